The van der Waals surface area contributed by atoms with Crippen LogP contribution in [0.25, 0.3) is 0 Å². The number of nitrogens with zero attached hydrogens (tertiary/aromatic N) is 2. The van der Waals surface area contributed by atoms with E-state index >= 15 is 0 Å². The second-order valence-electron chi connectivity index (χ2n) is 3.22. The number of rotatable bonds is 2. The second-order valence-corrected chi connectivity index (χ2v) is 3.22. The van der Waals surface area contributed by atoms with Gasteiger partial charge in [-0.05, 0) is 24.3 Å². The van der Waals surface area contributed by atoms with Crippen molar-refractivity contribution in [2.24, 2.45) is 10.2 Å². The minimum absolute atomic E-state index is 0.0467. The number of benzene rings is 1. The van der Waals surface area contributed by atoms with Crippen LogP contribution in [0.4, 0.5) is 5.69 Å². The molecule has 0 atom stereocenters. The van der Waals surface area contributed by atoms with Crippen LogP contribution in [0.5, 0.6) is 0 Å². The summed E-state index contributed by atoms with van der Waals surface area (Å²) in [6, 6.07) is 9.38. The lowest BCUT2D eigenvalue weighted by Crippen LogP contribution is -1.97. The molecule has 0 aliphatic heterocycles. The summed E-state index contributed by atoms with van der Waals surface area (Å²) in [6.45, 7) is 0. The number of hydrogen-bond acceptors (Lipinski definition) is 3. The Balaban J connectivity index is 2.09. The fourth-order valence-electron chi connectivity index (χ4n) is 1.24. The van der Waals surface area contributed by atoms with Gasteiger partial charge in [-0.15, -0.1) is 0 Å². The molecule has 0 aromatic heterocycles. The van der Waals surface area contributed by atoms with Crippen molar-refractivity contribution >= 4 is 11.5 Å². The van der Waals surface area contributed by atoms with Gasteiger partial charge in [0, 0.05) is 5.57 Å². The van der Waals surface area contributed by atoms with Crippen LogP contribution < -0.4 is 0 Å². The third-order valence-electron chi connectivity index (χ3n) is 2.05. The highest BCUT2D eigenvalue weighted by atomic mass is 16.1. The molecule has 2 rings (SSSR count). The van der Waals surface area contributed by atoms with E-state index in [4.69, 9.17) is 0 Å². The van der Waals surface area contributed by atoms with Crippen LogP contribution in [0.1, 0.15) is 0 Å². The van der Waals surface area contributed by atoms with Gasteiger partial charge < -0.3 is 0 Å². The fourth-order valence-corrected chi connectivity index (χ4v) is 1.24. The summed E-state index contributed by atoms with van der Waals surface area (Å²) in [4.78, 5) is 11.3. The van der Waals surface area contributed by atoms with Crippen molar-refractivity contribution in [3.05, 3.63) is 66.4 Å². The predicted molar refractivity (Wildman–Crippen MR) is 62.3 cm³/mol. The molecule has 0 spiro atoms. The van der Waals surface area contributed by atoms with Crippen molar-refractivity contribution in [3.8, 4) is 0 Å². The Morgan fingerprint density at radius 3 is 2.50 bits per heavy atom. The maximum Gasteiger partial charge on any atom is 0.187 e. The van der Waals surface area contributed by atoms with Gasteiger partial charge in [-0.2, -0.15) is 10.2 Å². The average molecular weight is 210 g/mol. The quantitative estimate of drug-likeness (QED) is 0.545. The van der Waals surface area contributed by atoms with E-state index in [-0.39, 0.29) is 5.78 Å². The molecule has 78 valence electrons. The van der Waals surface area contributed by atoms with Gasteiger partial charge in [0.1, 0.15) is 0 Å². The summed E-state index contributed by atoms with van der Waals surface area (Å²) in [7, 11) is 0. The summed E-state index contributed by atoms with van der Waals surface area (Å²) in [5.41, 5.74) is 1.31. The Labute approximate surface area is 93.5 Å². The molecule has 0 bridgehead atoms. The van der Waals surface area contributed by atoms with E-state index in [0.717, 1.165) is 5.69 Å². The Morgan fingerprint density at radius 1 is 1.00 bits per heavy atom. The first-order valence-electron chi connectivity index (χ1n) is 4.91. The molecule has 16 heavy (non-hydrogen) atoms. The topological polar surface area (TPSA) is 41.8 Å². The van der Waals surface area contributed by atoms with Crippen LogP contribution in [0.3, 0.4) is 0 Å². The smallest absolute Gasteiger partial charge is 0.187 e. The molecule has 0 heterocycles. The second kappa shape index (κ2) is 4.98. The number of ketones is 1. The van der Waals surface area contributed by atoms with E-state index in [1.54, 1.807) is 18.2 Å². The molecule has 0 fully saturated rings. The van der Waals surface area contributed by atoms with E-state index in [0.29, 0.717) is 5.57 Å². The third kappa shape index (κ3) is 2.60. The number of hydrogen-bond donors (Lipinski definition) is 0. The van der Waals surface area contributed by atoms with Crippen LogP contribution in [0.15, 0.2) is 76.6 Å². The molecule has 0 unspecified atom stereocenters. The Bertz CT molecular complexity index is 496. The van der Waals surface area contributed by atoms with E-state index in [1.165, 1.54) is 12.3 Å². The van der Waals surface area contributed by atoms with Gasteiger partial charge in [-0.25, -0.2) is 0 Å². The summed E-state index contributed by atoms with van der Waals surface area (Å²) in [5.74, 6) is -0.0467. The standard InChI is InChI=1S/C13H10N2O/c16-13-9-5-4-6-11(13)10-14-15-12-7-2-1-3-8-12/h1-10H/b11-10-,15-14+. The highest BCUT2D eigenvalue weighted by Gasteiger charge is 2.03. The van der Waals surface area contributed by atoms with E-state index in [2.05, 4.69) is 10.2 Å². The molecule has 0 saturated heterocycles. The number of azo groups is 1. The molecular weight excluding hydrogens is 200 g/mol. The van der Waals surface area contributed by atoms with Gasteiger partial charge in [0.2, 0.25) is 0 Å². The lowest BCUT2D eigenvalue weighted by Gasteiger charge is -1.97. The first-order valence-corrected chi connectivity index (χ1v) is 4.91. The van der Waals surface area contributed by atoms with Crippen molar-refractivity contribution in [1.29, 1.82) is 0 Å². The summed E-state index contributed by atoms with van der Waals surface area (Å²) in [6.07, 6.45) is 8.19. The van der Waals surface area contributed by atoms with Crippen molar-refractivity contribution < 1.29 is 4.79 Å². The van der Waals surface area contributed by atoms with Crippen molar-refractivity contribution in [3.63, 3.8) is 0 Å². The molecule has 0 saturated carbocycles. The molecule has 0 N–H and O–H groups in total. The van der Waals surface area contributed by atoms with Crippen molar-refractivity contribution in [1.82, 2.24) is 0 Å². The lowest BCUT2D eigenvalue weighted by atomic mass is 10.1. The summed E-state index contributed by atoms with van der Waals surface area (Å²) in [5, 5.41) is 7.85. The van der Waals surface area contributed by atoms with E-state index in [9.17, 15) is 4.79 Å². The maximum absolute atomic E-state index is 11.3. The zero-order chi connectivity index (χ0) is 11.2. The maximum atomic E-state index is 11.3. The molecule has 0 radical (unpaired) electrons. The zero-order valence-electron chi connectivity index (χ0n) is 8.58. The van der Waals surface area contributed by atoms with Crippen LogP contribution in [0, 0.1) is 0 Å². The zero-order valence-corrected chi connectivity index (χ0v) is 8.58. The Kier molecular flexibility index (Phi) is 3.18. The normalized spacial score (nSPS) is 17.5. The van der Waals surface area contributed by atoms with E-state index in [1.807, 2.05) is 30.3 Å². The first-order chi connectivity index (χ1) is 7.86. The largest absolute Gasteiger partial charge is 0.289 e. The van der Waals surface area contributed by atoms with Gasteiger partial charge >= 0.3 is 0 Å². The SMILES string of the molecule is O=C1C=CC=C/C1=C/N=N/c1ccccc1. The van der Waals surface area contributed by atoms with Gasteiger partial charge in [0.25, 0.3) is 0 Å². The first kappa shape index (κ1) is 10.2. The minimum Gasteiger partial charge on any atom is -0.289 e. The van der Waals surface area contributed by atoms with Gasteiger partial charge in [-0.1, -0.05) is 30.4 Å². The van der Waals surface area contributed by atoms with Crippen LogP contribution >= 0.6 is 0 Å². The Morgan fingerprint density at radius 2 is 1.75 bits per heavy atom. The summed E-state index contributed by atoms with van der Waals surface area (Å²) >= 11 is 0. The molecular formula is C13H10N2O. The molecule has 1 aromatic rings. The van der Waals surface area contributed by atoms with E-state index < -0.39 is 0 Å². The van der Waals surface area contributed by atoms with Gasteiger partial charge in [0.05, 0.1) is 11.9 Å². The Hall–Kier alpha value is -2.29. The van der Waals surface area contributed by atoms with Gasteiger partial charge in [0.15, 0.2) is 5.78 Å². The molecule has 1 aromatic carbocycles. The predicted octanol–water partition coefficient (Wildman–Crippen LogP) is 3.35. The van der Waals surface area contributed by atoms with Gasteiger partial charge in [-0.3, -0.25) is 4.79 Å². The number of allylic oxidation sites excluding steroid dienone is 5. The minimum atomic E-state index is -0.0467. The average Bonchev–Trinajstić information content (AvgIpc) is 2.33. The molecule has 1 aliphatic carbocycles. The van der Waals surface area contributed by atoms with Crippen LogP contribution in [-0.2, 0) is 4.79 Å². The highest BCUT2D eigenvalue weighted by Crippen LogP contribution is 2.12. The monoisotopic (exact) mass is 210 g/mol. The lowest BCUT2D eigenvalue weighted by molar-refractivity contribution is -0.111. The summed E-state index contributed by atoms with van der Waals surface area (Å²) < 4.78 is 0. The van der Waals surface area contributed by atoms with Crippen LogP contribution in [0.2, 0.25) is 0 Å². The van der Waals surface area contributed by atoms with Crippen molar-refractivity contribution in [2.45, 2.75) is 0 Å². The highest BCUT2D eigenvalue weighted by molar-refractivity contribution is 6.07. The van der Waals surface area contributed by atoms with Crippen LogP contribution in [-0.4, -0.2) is 5.78 Å². The fraction of sp³-hybridized carbons (Fsp3) is 0. The third-order valence-corrected chi connectivity index (χ3v) is 2.05. The number of carbonyl (C=O) groups is 1. The molecule has 0 amide bonds. The number of carbonyl (C=O) groups excluding carboxylic acids is 1. The molecule has 1 aliphatic rings. The molecule has 3 nitrogen and oxygen atoms in total. The molecule has 3 heteroatoms. The van der Waals surface area contributed by atoms with Crippen molar-refractivity contribution in [2.75, 3.05) is 0 Å².